The quantitative estimate of drug-likeness (QED) is 0.741. The van der Waals surface area contributed by atoms with Crippen LogP contribution in [0.3, 0.4) is 0 Å². The van der Waals surface area contributed by atoms with Gasteiger partial charge in [0.2, 0.25) is 5.95 Å². The second-order valence-corrected chi connectivity index (χ2v) is 10.3. The lowest BCUT2D eigenvalue weighted by Crippen LogP contribution is -2.60. The van der Waals surface area contributed by atoms with Gasteiger partial charge < -0.3 is 19.6 Å². The number of carbonyl (C=O) groups excluding carboxylic acids is 1. The van der Waals surface area contributed by atoms with Crippen LogP contribution >= 0.6 is 0 Å². The van der Waals surface area contributed by atoms with Crippen LogP contribution in [0.1, 0.15) is 73.4 Å². The molecule has 1 saturated carbocycles. The SMILES string of the molecule is CCC1CN(c2ncccn2)CC2(CCN(C(=O)c3ccc(C4(O)CCCC4)c(C)c3)CC2)O1. The van der Waals surface area contributed by atoms with E-state index in [1.54, 1.807) is 12.4 Å². The molecule has 1 atom stereocenters. The molecule has 1 unspecified atom stereocenters. The fourth-order valence-electron chi connectivity index (χ4n) is 6.03. The van der Waals surface area contributed by atoms with Crippen molar-refractivity contribution in [3.05, 3.63) is 53.3 Å². The number of hydrogen-bond donors (Lipinski definition) is 1. The van der Waals surface area contributed by atoms with Crippen LogP contribution in [-0.2, 0) is 10.3 Å². The number of ether oxygens (including phenoxy) is 1. The summed E-state index contributed by atoms with van der Waals surface area (Å²) in [5.41, 5.74) is 1.67. The molecule has 2 aromatic rings. The molecule has 3 fully saturated rings. The third kappa shape index (κ3) is 4.43. The fourth-order valence-corrected chi connectivity index (χ4v) is 6.03. The lowest BCUT2D eigenvalue weighted by Gasteiger charge is -2.50. The maximum atomic E-state index is 13.3. The highest BCUT2D eigenvalue weighted by Gasteiger charge is 2.44. The first kappa shape index (κ1) is 23.2. The molecule has 7 nitrogen and oxygen atoms in total. The standard InChI is InChI=1S/C27H36N4O3/c1-3-22-18-31(25-28-13-6-14-29-25)19-26(34-22)11-15-30(16-12-26)24(32)21-7-8-23(20(2)17-21)27(33)9-4-5-10-27/h6-8,13-14,17,22,33H,3-5,9-12,15-16,18-19H2,1-2H3. The number of anilines is 1. The van der Waals surface area contributed by atoms with Crippen molar-refractivity contribution in [3.63, 3.8) is 0 Å². The van der Waals surface area contributed by atoms with Crippen molar-refractivity contribution in [2.24, 2.45) is 0 Å². The zero-order valence-electron chi connectivity index (χ0n) is 20.4. The smallest absolute Gasteiger partial charge is 0.253 e. The van der Waals surface area contributed by atoms with Gasteiger partial charge in [0.1, 0.15) is 0 Å². The van der Waals surface area contributed by atoms with Crippen LogP contribution in [0.4, 0.5) is 5.95 Å². The van der Waals surface area contributed by atoms with Gasteiger partial charge in [-0.25, -0.2) is 9.97 Å². The van der Waals surface area contributed by atoms with Gasteiger partial charge in [-0.1, -0.05) is 25.8 Å². The lowest BCUT2D eigenvalue weighted by molar-refractivity contribution is -0.130. The monoisotopic (exact) mass is 464 g/mol. The summed E-state index contributed by atoms with van der Waals surface area (Å²) in [6.45, 7) is 7.05. The third-order valence-electron chi connectivity index (χ3n) is 7.98. The van der Waals surface area contributed by atoms with Crippen LogP contribution in [0.15, 0.2) is 36.7 Å². The average molecular weight is 465 g/mol. The minimum atomic E-state index is -0.731. The molecular formula is C27H36N4O3. The van der Waals surface area contributed by atoms with Crippen LogP contribution in [0.2, 0.25) is 0 Å². The Morgan fingerprint density at radius 1 is 1.15 bits per heavy atom. The van der Waals surface area contributed by atoms with E-state index in [0.717, 1.165) is 75.1 Å². The predicted octanol–water partition coefficient (Wildman–Crippen LogP) is 3.84. The van der Waals surface area contributed by atoms with Gasteiger partial charge in [-0.05, 0) is 68.4 Å². The third-order valence-corrected chi connectivity index (χ3v) is 7.98. The number of aliphatic hydroxyl groups is 1. The molecule has 2 aliphatic heterocycles. The Balaban J connectivity index is 1.27. The molecule has 1 aliphatic carbocycles. The first-order chi connectivity index (χ1) is 16.4. The first-order valence-electron chi connectivity index (χ1n) is 12.7. The van der Waals surface area contributed by atoms with E-state index in [2.05, 4.69) is 21.8 Å². The second-order valence-electron chi connectivity index (χ2n) is 10.3. The number of carbonyl (C=O) groups is 1. The fraction of sp³-hybridized carbons (Fsp3) is 0.593. The normalized spacial score (nSPS) is 23.9. The maximum Gasteiger partial charge on any atom is 0.253 e. The summed E-state index contributed by atoms with van der Waals surface area (Å²) in [6.07, 6.45) is 9.96. The summed E-state index contributed by atoms with van der Waals surface area (Å²) >= 11 is 0. The molecule has 0 bridgehead atoms. The van der Waals surface area contributed by atoms with E-state index in [9.17, 15) is 9.90 Å². The van der Waals surface area contributed by atoms with Crippen molar-refractivity contribution < 1.29 is 14.6 Å². The van der Waals surface area contributed by atoms with E-state index in [1.165, 1.54) is 0 Å². The summed E-state index contributed by atoms with van der Waals surface area (Å²) in [5.74, 6) is 0.815. The van der Waals surface area contributed by atoms with Crippen molar-refractivity contribution in [2.75, 3.05) is 31.1 Å². The van der Waals surface area contributed by atoms with Crippen molar-refractivity contribution in [3.8, 4) is 0 Å². The van der Waals surface area contributed by atoms with E-state index >= 15 is 0 Å². The van der Waals surface area contributed by atoms with Gasteiger partial charge in [0, 0.05) is 37.6 Å². The van der Waals surface area contributed by atoms with Gasteiger partial charge >= 0.3 is 0 Å². The van der Waals surface area contributed by atoms with Gasteiger partial charge in [-0.2, -0.15) is 0 Å². The highest BCUT2D eigenvalue weighted by atomic mass is 16.5. The Morgan fingerprint density at radius 3 is 2.50 bits per heavy atom. The highest BCUT2D eigenvalue weighted by molar-refractivity contribution is 5.94. The molecule has 1 aromatic carbocycles. The lowest BCUT2D eigenvalue weighted by atomic mass is 9.87. The molecule has 7 heteroatoms. The Bertz CT molecular complexity index is 1010. The van der Waals surface area contributed by atoms with E-state index in [-0.39, 0.29) is 17.6 Å². The van der Waals surface area contributed by atoms with Crippen LogP contribution in [0, 0.1) is 6.92 Å². The average Bonchev–Trinajstić information content (AvgIpc) is 3.31. The molecule has 182 valence electrons. The van der Waals surface area contributed by atoms with E-state index < -0.39 is 5.60 Å². The predicted molar refractivity (Wildman–Crippen MR) is 131 cm³/mol. The van der Waals surface area contributed by atoms with Crippen molar-refractivity contribution in [2.45, 2.75) is 76.1 Å². The molecule has 0 radical (unpaired) electrons. The summed E-state index contributed by atoms with van der Waals surface area (Å²) in [7, 11) is 0. The summed E-state index contributed by atoms with van der Waals surface area (Å²) in [4.78, 5) is 26.4. The summed E-state index contributed by atoms with van der Waals surface area (Å²) < 4.78 is 6.59. The van der Waals surface area contributed by atoms with Gasteiger partial charge in [0.25, 0.3) is 5.91 Å². The number of aryl methyl sites for hydroxylation is 1. The largest absolute Gasteiger partial charge is 0.385 e. The minimum absolute atomic E-state index is 0.0639. The molecule has 1 aromatic heterocycles. The molecule has 1 N–H and O–H groups in total. The Hall–Kier alpha value is -2.51. The van der Waals surface area contributed by atoms with Crippen LogP contribution in [-0.4, -0.2) is 63.8 Å². The van der Waals surface area contributed by atoms with Crippen molar-refractivity contribution in [1.82, 2.24) is 14.9 Å². The van der Waals surface area contributed by atoms with E-state index in [4.69, 9.17) is 4.74 Å². The highest BCUT2D eigenvalue weighted by Crippen LogP contribution is 2.40. The summed E-state index contributed by atoms with van der Waals surface area (Å²) in [6, 6.07) is 7.65. The number of likely N-dealkylation sites (tertiary alicyclic amines) is 1. The van der Waals surface area contributed by atoms with E-state index in [1.807, 2.05) is 36.1 Å². The Morgan fingerprint density at radius 2 is 1.85 bits per heavy atom. The van der Waals surface area contributed by atoms with Crippen molar-refractivity contribution >= 4 is 11.9 Å². The number of piperidine rings is 1. The molecule has 3 aliphatic rings. The molecular weight excluding hydrogens is 428 g/mol. The number of aromatic nitrogens is 2. The first-order valence-corrected chi connectivity index (χ1v) is 12.7. The Labute approximate surface area is 202 Å². The van der Waals surface area contributed by atoms with Crippen molar-refractivity contribution in [1.29, 1.82) is 0 Å². The number of amides is 1. The molecule has 2 saturated heterocycles. The number of nitrogens with zero attached hydrogens (tertiary/aromatic N) is 4. The van der Waals surface area contributed by atoms with Gasteiger partial charge in [0.05, 0.1) is 23.9 Å². The summed E-state index contributed by atoms with van der Waals surface area (Å²) in [5, 5.41) is 11.0. The molecule has 3 heterocycles. The molecule has 1 amide bonds. The van der Waals surface area contributed by atoms with Crippen LogP contribution in [0.5, 0.6) is 0 Å². The van der Waals surface area contributed by atoms with E-state index in [0.29, 0.717) is 18.7 Å². The zero-order chi connectivity index (χ0) is 23.8. The molecule has 34 heavy (non-hydrogen) atoms. The topological polar surface area (TPSA) is 78.8 Å². The molecule has 1 spiro atoms. The second kappa shape index (κ2) is 9.27. The Kier molecular flexibility index (Phi) is 6.34. The maximum absolute atomic E-state index is 13.3. The van der Waals surface area contributed by atoms with Gasteiger partial charge in [-0.15, -0.1) is 0 Å². The zero-order valence-corrected chi connectivity index (χ0v) is 20.4. The minimum Gasteiger partial charge on any atom is -0.385 e. The number of benzene rings is 1. The van der Waals surface area contributed by atoms with Crippen LogP contribution < -0.4 is 4.90 Å². The van der Waals surface area contributed by atoms with Crippen LogP contribution in [0.25, 0.3) is 0 Å². The van der Waals surface area contributed by atoms with Gasteiger partial charge in [0.15, 0.2) is 0 Å². The molecule has 5 rings (SSSR count). The number of rotatable bonds is 4. The number of hydrogen-bond acceptors (Lipinski definition) is 6. The van der Waals surface area contributed by atoms with Gasteiger partial charge in [-0.3, -0.25) is 4.79 Å². The number of morpholine rings is 1.